The second-order valence-electron chi connectivity index (χ2n) is 6.83. The van der Waals surface area contributed by atoms with E-state index in [1.54, 1.807) is 18.2 Å². The first-order chi connectivity index (χ1) is 10.6. The summed E-state index contributed by atoms with van der Waals surface area (Å²) in [6, 6.07) is 4.92. The molecule has 1 amide bonds. The van der Waals surface area contributed by atoms with E-state index >= 15 is 0 Å². The van der Waals surface area contributed by atoms with Crippen LogP contribution in [0.3, 0.4) is 0 Å². The third kappa shape index (κ3) is 2.47. The lowest BCUT2D eigenvalue weighted by Gasteiger charge is -2.69. The van der Waals surface area contributed by atoms with Crippen LogP contribution in [0.4, 0.5) is 18.9 Å². The van der Waals surface area contributed by atoms with Crippen LogP contribution in [0.15, 0.2) is 18.2 Å². The van der Waals surface area contributed by atoms with Crippen LogP contribution in [-0.2, 0) is 4.79 Å². The van der Waals surface area contributed by atoms with Gasteiger partial charge in [0.15, 0.2) is 5.75 Å². The monoisotopic (exact) mass is 347 g/mol. The molecule has 0 unspecified atom stereocenters. The van der Waals surface area contributed by atoms with Crippen molar-refractivity contribution in [2.45, 2.75) is 45.4 Å². The summed E-state index contributed by atoms with van der Waals surface area (Å²) in [5.41, 5.74) is -2.15. The third-order valence-electron chi connectivity index (χ3n) is 4.68. The molecule has 0 spiro atoms. The number of halogens is 4. The van der Waals surface area contributed by atoms with Gasteiger partial charge in [-0.2, -0.15) is 13.2 Å². The van der Waals surface area contributed by atoms with Gasteiger partial charge in [0.2, 0.25) is 5.91 Å². The summed E-state index contributed by atoms with van der Waals surface area (Å²) in [5, 5.41) is 3.04. The van der Waals surface area contributed by atoms with Crippen molar-refractivity contribution in [2.75, 3.05) is 5.32 Å². The largest absolute Gasteiger partial charge is 0.487 e. The fourth-order valence-corrected chi connectivity index (χ4v) is 3.77. The summed E-state index contributed by atoms with van der Waals surface area (Å²) in [4.78, 5) is 12.4. The first-order valence-corrected chi connectivity index (χ1v) is 7.80. The summed E-state index contributed by atoms with van der Waals surface area (Å²) in [6.07, 6.45) is -4.76. The first-order valence-electron chi connectivity index (χ1n) is 7.42. The molecular weight excluding hydrogens is 331 g/mol. The van der Waals surface area contributed by atoms with Gasteiger partial charge < -0.3 is 10.1 Å². The van der Waals surface area contributed by atoms with Gasteiger partial charge in [-0.05, 0) is 45.2 Å². The van der Waals surface area contributed by atoms with Crippen molar-refractivity contribution in [3.8, 4) is 5.75 Å². The molecule has 1 aromatic carbocycles. The number of hydrogen-bond donors (Lipinski definition) is 1. The number of carbonyl (C=O) groups excluding carboxylic acids is 1. The maximum atomic E-state index is 12.9. The van der Waals surface area contributed by atoms with Crippen molar-refractivity contribution in [2.24, 2.45) is 10.8 Å². The molecule has 23 heavy (non-hydrogen) atoms. The van der Waals surface area contributed by atoms with Gasteiger partial charge in [0.05, 0.1) is 27.6 Å². The molecule has 1 N–H and O–H groups in total. The number of nitrogens with one attached hydrogen (secondary N) is 1. The maximum absolute atomic E-state index is 12.9. The van der Waals surface area contributed by atoms with E-state index in [1.165, 1.54) is 0 Å². The second kappa shape index (κ2) is 5.03. The molecule has 0 aromatic heterocycles. The van der Waals surface area contributed by atoms with Crippen LogP contribution in [0.2, 0.25) is 5.02 Å². The van der Waals surface area contributed by atoms with Gasteiger partial charge in [-0.3, -0.25) is 4.79 Å². The molecule has 0 radical (unpaired) electrons. The summed E-state index contributed by atoms with van der Waals surface area (Å²) in [6.45, 7) is 3.65. The molecule has 4 rings (SSSR count). The molecule has 0 aliphatic heterocycles. The van der Waals surface area contributed by atoms with Crippen molar-refractivity contribution in [3.05, 3.63) is 23.2 Å². The minimum atomic E-state index is -4.23. The molecule has 3 nitrogen and oxygen atoms in total. The number of alkyl halides is 3. The zero-order chi connectivity index (χ0) is 17.0. The van der Waals surface area contributed by atoms with Crippen LogP contribution < -0.4 is 10.1 Å². The molecular formula is C16H17ClF3NO2. The minimum Gasteiger partial charge on any atom is -0.487 e. The molecule has 3 aliphatic rings. The Kier molecular flexibility index (Phi) is 3.59. The van der Waals surface area contributed by atoms with Crippen LogP contribution in [0.25, 0.3) is 0 Å². The highest BCUT2D eigenvalue weighted by atomic mass is 35.5. The van der Waals surface area contributed by atoms with Gasteiger partial charge in [0.25, 0.3) is 0 Å². The van der Waals surface area contributed by atoms with Gasteiger partial charge >= 0.3 is 6.18 Å². The smallest absolute Gasteiger partial charge is 0.394 e. The maximum Gasteiger partial charge on any atom is 0.394 e. The Labute approximate surface area is 137 Å². The van der Waals surface area contributed by atoms with E-state index in [-0.39, 0.29) is 31.3 Å². The molecule has 0 saturated heterocycles. The summed E-state index contributed by atoms with van der Waals surface area (Å²) >= 11 is 6.09. The molecule has 3 saturated carbocycles. The van der Waals surface area contributed by atoms with Crippen LogP contribution in [0, 0.1) is 10.8 Å². The number of carbonyl (C=O) groups is 1. The van der Waals surface area contributed by atoms with Crippen molar-refractivity contribution in [3.63, 3.8) is 0 Å². The number of rotatable bonds is 4. The van der Waals surface area contributed by atoms with Gasteiger partial charge in [0.1, 0.15) is 0 Å². The predicted molar refractivity (Wildman–Crippen MR) is 80.6 cm³/mol. The van der Waals surface area contributed by atoms with Crippen molar-refractivity contribution in [1.82, 2.24) is 0 Å². The van der Waals surface area contributed by atoms with Crippen LogP contribution in [0.5, 0.6) is 5.75 Å². The quantitative estimate of drug-likeness (QED) is 0.849. The highest BCUT2D eigenvalue weighted by Gasteiger charge is 2.80. The Hall–Kier alpha value is -1.43. The highest BCUT2D eigenvalue weighted by Crippen LogP contribution is 2.78. The predicted octanol–water partition coefficient (Wildman–Crippen LogP) is 4.80. The average Bonchev–Trinajstić information content (AvgIpc) is 2.27. The van der Waals surface area contributed by atoms with E-state index in [2.05, 4.69) is 5.32 Å². The third-order valence-corrected chi connectivity index (χ3v) is 4.98. The molecule has 3 aliphatic carbocycles. The Morgan fingerprint density at radius 3 is 2.43 bits per heavy atom. The number of anilines is 1. The van der Waals surface area contributed by atoms with E-state index in [0.29, 0.717) is 16.5 Å². The number of para-hydroxylation sites is 1. The second-order valence-corrected chi connectivity index (χ2v) is 7.23. The van der Waals surface area contributed by atoms with E-state index in [1.807, 2.05) is 13.8 Å². The van der Waals surface area contributed by atoms with Crippen molar-refractivity contribution >= 4 is 23.2 Å². The molecule has 7 heteroatoms. The van der Waals surface area contributed by atoms with Crippen LogP contribution in [0.1, 0.15) is 33.1 Å². The Morgan fingerprint density at radius 1 is 1.30 bits per heavy atom. The van der Waals surface area contributed by atoms with Gasteiger partial charge in [-0.25, -0.2) is 0 Å². The number of ether oxygens (including phenoxy) is 1. The number of benzene rings is 1. The number of amides is 1. The minimum absolute atomic E-state index is 0.129. The van der Waals surface area contributed by atoms with Crippen molar-refractivity contribution < 1.29 is 22.7 Å². The van der Waals surface area contributed by atoms with E-state index in [4.69, 9.17) is 16.3 Å². The SMILES string of the molecule is CC(C)Oc1c(Cl)cccc1NC(=O)C12CC(C(F)(F)F)(C1)C2. The standard InChI is InChI=1S/C16H17ClF3NO2/c1-9(2)23-12-10(17)4-3-5-11(12)21-13(22)14-6-15(7-14,8-14)16(18,19)20/h3-5,9H,6-8H2,1-2H3,(H,21,22). The Morgan fingerprint density at radius 2 is 1.91 bits per heavy atom. The lowest BCUT2D eigenvalue weighted by atomic mass is 9.34. The Balaban J connectivity index is 1.73. The zero-order valence-corrected chi connectivity index (χ0v) is 13.5. The first kappa shape index (κ1) is 16.4. The average molecular weight is 348 g/mol. The molecule has 3 fully saturated rings. The van der Waals surface area contributed by atoms with Gasteiger partial charge in [0, 0.05) is 0 Å². The molecule has 1 aromatic rings. The molecule has 0 heterocycles. The van der Waals surface area contributed by atoms with E-state index in [0.717, 1.165) is 0 Å². The lowest BCUT2D eigenvalue weighted by Crippen LogP contribution is -2.71. The van der Waals surface area contributed by atoms with Crippen LogP contribution >= 0.6 is 11.6 Å². The van der Waals surface area contributed by atoms with E-state index < -0.39 is 17.0 Å². The zero-order valence-electron chi connectivity index (χ0n) is 12.8. The highest BCUT2D eigenvalue weighted by molar-refractivity contribution is 6.32. The fourth-order valence-electron chi connectivity index (χ4n) is 3.55. The summed E-state index contributed by atoms with van der Waals surface area (Å²) < 4.78 is 44.2. The number of hydrogen-bond acceptors (Lipinski definition) is 2. The molecule has 0 atom stereocenters. The van der Waals surface area contributed by atoms with Gasteiger partial charge in [-0.15, -0.1) is 0 Å². The van der Waals surface area contributed by atoms with E-state index in [9.17, 15) is 18.0 Å². The molecule has 126 valence electrons. The van der Waals surface area contributed by atoms with Gasteiger partial charge in [-0.1, -0.05) is 17.7 Å². The summed E-state index contributed by atoms with van der Waals surface area (Å²) in [5.74, 6) is -0.0471. The lowest BCUT2D eigenvalue weighted by molar-refractivity contribution is -0.349. The fraction of sp³-hybridized carbons (Fsp3) is 0.562. The molecule has 2 bridgehead atoms. The van der Waals surface area contributed by atoms with Crippen molar-refractivity contribution in [1.29, 1.82) is 0 Å². The normalized spacial score (nSPS) is 28.8. The van der Waals surface area contributed by atoms with Crippen LogP contribution in [-0.4, -0.2) is 18.2 Å². The Bertz CT molecular complexity index is 637. The topological polar surface area (TPSA) is 38.3 Å². The summed E-state index contributed by atoms with van der Waals surface area (Å²) in [7, 11) is 0.